The number of ether oxygens (including phenoxy) is 2. The molecule has 1 aliphatic rings. The Hall–Kier alpha value is -2.30. The first kappa shape index (κ1) is 15.6. The van der Waals surface area contributed by atoms with E-state index in [4.69, 9.17) is 13.9 Å². The van der Waals surface area contributed by atoms with Crippen LogP contribution in [0.15, 0.2) is 27.4 Å². The molecule has 1 unspecified atom stereocenters. The van der Waals surface area contributed by atoms with Crippen molar-refractivity contribution in [2.75, 3.05) is 6.61 Å². The zero-order valence-corrected chi connectivity index (χ0v) is 13.4. The van der Waals surface area contributed by atoms with Crippen LogP contribution in [0.1, 0.15) is 37.8 Å². The van der Waals surface area contributed by atoms with Gasteiger partial charge in [-0.3, -0.25) is 0 Å². The second kappa shape index (κ2) is 6.44. The predicted molar refractivity (Wildman–Crippen MR) is 85.8 cm³/mol. The van der Waals surface area contributed by atoms with E-state index in [2.05, 4.69) is 0 Å². The number of esters is 1. The highest BCUT2D eigenvalue weighted by molar-refractivity contribution is 5.83. The largest absolute Gasteiger partial charge is 0.482 e. The van der Waals surface area contributed by atoms with Crippen LogP contribution >= 0.6 is 0 Å². The van der Waals surface area contributed by atoms with Crippen molar-refractivity contribution in [3.63, 3.8) is 0 Å². The summed E-state index contributed by atoms with van der Waals surface area (Å²) in [5.74, 6) is 0.0783. The Morgan fingerprint density at radius 3 is 2.87 bits per heavy atom. The van der Waals surface area contributed by atoms with Gasteiger partial charge in [-0.05, 0) is 50.3 Å². The number of benzene rings is 1. The smallest absolute Gasteiger partial charge is 0.344 e. The van der Waals surface area contributed by atoms with Gasteiger partial charge in [-0.2, -0.15) is 0 Å². The third-order valence-corrected chi connectivity index (χ3v) is 4.21. The van der Waals surface area contributed by atoms with E-state index in [0.29, 0.717) is 11.3 Å². The average molecular weight is 316 g/mol. The van der Waals surface area contributed by atoms with Gasteiger partial charge in [0.1, 0.15) is 11.3 Å². The number of fused-ring (bicyclic) bond motifs is 3. The van der Waals surface area contributed by atoms with Gasteiger partial charge in [0.05, 0.1) is 6.10 Å². The van der Waals surface area contributed by atoms with Crippen LogP contribution in [0, 0.1) is 0 Å². The number of aryl methyl sites for hydroxylation is 1. The van der Waals surface area contributed by atoms with Crippen LogP contribution < -0.4 is 10.4 Å². The van der Waals surface area contributed by atoms with Crippen molar-refractivity contribution in [1.29, 1.82) is 0 Å². The minimum atomic E-state index is -0.408. The van der Waals surface area contributed by atoms with E-state index in [1.54, 1.807) is 12.1 Å². The number of carbonyl (C=O) groups is 1. The molecule has 122 valence electrons. The van der Waals surface area contributed by atoms with Gasteiger partial charge in [0.2, 0.25) is 0 Å². The van der Waals surface area contributed by atoms with Gasteiger partial charge in [-0.15, -0.1) is 0 Å². The predicted octanol–water partition coefficient (Wildman–Crippen LogP) is 3.00. The molecule has 1 aliphatic carbocycles. The summed E-state index contributed by atoms with van der Waals surface area (Å²) in [6.07, 6.45) is 3.31. The minimum absolute atomic E-state index is 0.122. The van der Waals surface area contributed by atoms with E-state index in [9.17, 15) is 9.59 Å². The fourth-order valence-electron chi connectivity index (χ4n) is 2.84. The van der Waals surface area contributed by atoms with Gasteiger partial charge in [0, 0.05) is 17.0 Å². The molecule has 0 saturated heterocycles. The number of hydrogen-bond donors (Lipinski definition) is 0. The third-order valence-electron chi connectivity index (χ3n) is 4.21. The van der Waals surface area contributed by atoms with E-state index in [1.807, 2.05) is 19.9 Å². The van der Waals surface area contributed by atoms with Crippen molar-refractivity contribution in [2.24, 2.45) is 0 Å². The van der Waals surface area contributed by atoms with Gasteiger partial charge in [0.25, 0.3) is 0 Å². The molecular formula is C18H20O5. The molecule has 0 amide bonds. The molecule has 0 aliphatic heterocycles. The summed E-state index contributed by atoms with van der Waals surface area (Å²) in [6, 6.07) is 5.33. The van der Waals surface area contributed by atoms with E-state index >= 15 is 0 Å². The molecule has 0 bridgehead atoms. The van der Waals surface area contributed by atoms with Gasteiger partial charge in [-0.1, -0.05) is 6.92 Å². The molecule has 2 aromatic rings. The van der Waals surface area contributed by atoms with E-state index < -0.39 is 5.97 Å². The van der Waals surface area contributed by atoms with E-state index in [-0.39, 0.29) is 18.3 Å². The molecule has 0 spiro atoms. The van der Waals surface area contributed by atoms with Gasteiger partial charge in [0.15, 0.2) is 6.61 Å². The van der Waals surface area contributed by atoms with Crippen LogP contribution in [-0.2, 0) is 22.4 Å². The molecule has 0 radical (unpaired) electrons. The van der Waals surface area contributed by atoms with Crippen molar-refractivity contribution in [3.05, 3.63) is 39.7 Å². The molecule has 1 aromatic carbocycles. The Morgan fingerprint density at radius 1 is 1.30 bits per heavy atom. The number of rotatable bonds is 5. The lowest BCUT2D eigenvalue weighted by molar-refractivity contribution is -0.150. The molecule has 0 saturated carbocycles. The van der Waals surface area contributed by atoms with Gasteiger partial charge < -0.3 is 13.9 Å². The number of hydrogen-bond acceptors (Lipinski definition) is 5. The van der Waals surface area contributed by atoms with Crippen LogP contribution in [-0.4, -0.2) is 18.7 Å². The molecule has 5 heteroatoms. The maximum absolute atomic E-state index is 12.0. The highest BCUT2D eigenvalue weighted by Crippen LogP contribution is 2.29. The second-order valence-electron chi connectivity index (χ2n) is 5.86. The summed E-state index contributed by atoms with van der Waals surface area (Å²) in [7, 11) is 0. The van der Waals surface area contributed by atoms with Crippen molar-refractivity contribution in [3.8, 4) is 5.75 Å². The van der Waals surface area contributed by atoms with Crippen molar-refractivity contribution >= 4 is 16.9 Å². The molecule has 1 aromatic heterocycles. The van der Waals surface area contributed by atoms with Crippen LogP contribution in [0.3, 0.4) is 0 Å². The molecule has 1 heterocycles. The van der Waals surface area contributed by atoms with Crippen LogP contribution in [0.5, 0.6) is 5.75 Å². The summed E-state index contributed by atoms with van der Waals surface area (Å²) in [6.45, 7) is 3.62. The molecular weight excluding hydrogens is 296 g/mol. The molecule has 0 N–H and O–H groups in total. The highest BCUT2D eigenvalue weighted by atomic mass is 16.6. The Balaban J connectivity index is 1.77. The van der Waals surface area contributed by atoms with Crippen LogP contribution in [0.2, 0.25) is 0 Å². The first-order valence-electron chi connectivity index (χ1n) is 7.99. The van der Waals surface area contributed by atoms with Crippen molar-refractivity contribution < 1.29 is 18.7 Å². The lowest BCUT2D eigenvalue weighted by atomic mass is 10.1. The minimum Gasteiger partial charge on any atom is -0.482 e. The first-order valence-corrected chi connectivity index (χ1v) is 7.99. The van der Waals surface area contributed by atoms with E-state index in [1.165, 1.54) is 0 Å². The Morgan fingerprint density at radius 2 is 2.09 bits per heavy atom. The second-order valence-corrected chi connectivity index (χ2v) is 5.86. The monoisotopic (exact) mass is 316 g/mol. The summed E-state index contributed by atoms with van der Waals surface area (Å²) >= 11 is 0. The lowest BCUT2D eigenvalue weighted by Crippen LogP contribution is -2.20. The quantitative estimate of drug-likeness (QED) is 0.626. The Bertz CT molecular complexity index is 790. The fraction of sp³-hybridized carbons (Fsp3) is 0.444. The van der Waals surface area contributed by atoms with Gasteiger partial charge in [-0.25, -0.2) is 9.59 Å². The third kappa shape index (κ3) is 3.23. The average Bonchev–Trinajstić information content (AvgIpc) is 3.03. The van der Waals surface area contributed by atoms with Crippen molar-refractivity contribution in [2.45, 2.75) is 45.6 Å². The first-order chi connectivity index (χ1) is 11.1. The summed E-state index contributed by atoms with van der Waals surface area (Å²) in [4.78, 5) is 23.6. The Labute approximate surface area is 134 Å². The fourth-order valence-corrected chi connectivity index (χ4v) is 2.84. The zero-order chi connectivity index (χ0) is 16.4. The van der Waals surface area contributed by atoms with E-state index in [0.717, 1.165) is 42.2 Å². The normalized spacial score (nSPS) is 14.5. The van der Waals surface area contributed by atoms with Crippen LogP contribution in [0.25, 0.3) is 11.0 Å². The molecule has 1 atom stereocenters. The zero-order valence-electron chi connectivity index (χ0n) is 13.4. The molecule has 3 rings (SSSR count). The SMILES string of the molecule is CCC(C)OC(=O)COc1ccc2c3c(c(=O)oc2c1)CCC3. The Kier molecular flexibility index (Phi) is 4.37. The van der Waals surface area contributed by atoms with Crippen LogP contribution in [0.4, 0.5) is 0 Å². The summed E-state index contributed by atoms with van der Waals surface area (Å²) in [5, 5.41) is 0.951. The van der Waals surface area contributed by atoms with Gasteiger partial charge >= 0.3 is 11.6 Å². The molecule has 23 heavy (non-hydrogen) atoms. The standard InChI is InChI=1S/C18H20O5/c1-3-11(2)22-17(19)10-21-12-7-8-14-13-5-4-6-15(13)18(20)23-16(14)9-12/h7-9,11H,3-6,10H2,1-2H3. The maximum Gasteiger partial charge on any atom is 0.344 e. The molecule has 0 fully saturated rings. The number of carbonyl (C=O) groups excluding carboxylic acids is 1. The summed E-state index contributed by atoms with van der Waals surface area (Å²) < 4.78 is 16.0. The topological polar surface area (TPSA) is 65.7 Å². The highest BCUT2D eigenvalue weighted by Gasteiger charge is 2.19. The summed E-state index contributed by atoms with van der Waals surface area (Å²) in [5.41, 5.74) is 2.11. The van der Waals surface area contributed by atoms with Crippen molar-refractivity contribution in [1.82, 2.24) is 0 Å². The molecule has 5 nitrogen and oxygen atoms in total. The lowest BCUT2D eigenvalue weighted by Gasteiger charge is -2.12. The maximum atomic E-state index is 12.0.